The van der Waals surface area contributed by atoms with E-state index in [1.165, 1.54) is 12.1 Å². The molecule has 0 radical (unpaired) electrons. The maximum absolute atomic E-state index is 13.0. The molecule has 8 nitrogen and oxygen atoms in total. The Morgan fingerprint density at radius 3 is 2.18 bits per heavy atom. The summed E-state index contributed by atoms with van der Waals surface area (Å²) in [7, 11) is -1.98. The van der Waals surface area contributed by atoms with Crippen LogP contribution in [-0.2, 0) is 21.2 Å². The fraction of sp³-hybridized carbons (Fsp3) is 0.440. The van der Waals surface area contributed by atoms with Crippen molar-refractivity contribution in [3.8, 4) is 5.75 Å². The van der Waals surface area contributed by atoms with Crippen molar-refractivity contribution in [1.82, 2.24) is 14.5 Å². The van der Waals surface area contributed by atoms with Crippen LogP contribution in [0.3, 0.4) is 0 Å². The second kappa shape index (κ2) is 11.5. The van der Waals surface area contributed by atoms with E-state index in [-0.39, 0.29) is 22.8 Å². The Morgan fingerprint density at radius 2 is 1.56 bits per heavy atom. The summed E-state index contributed by atoms with van der Waals surface area (Å²) in [6, 6.07) is 13.5. The zero-order valence-electron chi connectivity index (χ0n) is 20.0. The van der Waals surface area contributed by atoms with E-state index >= 15 is 0 Å². The Labute approximate surface area is 201 Å². The Morgan fingerprint density at radius 1 is 0.941 bits per heavy atom. The van der Waals surface area contributed by atoms with Gasteiger partial charge in [-0.3, -0.25) is 9.59 Å². The predicted octanol–water partition coefficient (Wildman–Crippen LogP) is 2.69. The minimum atomic E-state index is -3.60. The summed E-state index contributed by atoms with van der Waals surface area (Å²) in [4.78, 5) is 29.4. The van der Waals surface area contributed by atoms with Crippen molar-refractivity contribution in [2.75, 3.05) is 33.3 Å². The van der Waals surface area contributed by atoms with E-state index in [4.69, 9.17) is 4.74 Å². The van der Waals surface area contributed by atoms with Crippen LogP contribution < -0.4 is 9.46 Å². The Bertz CT molecular complexity index is 1080. The topological polar surface area (TPSA) is 96.0 Å². The fourth-order valence-corrected chi connectivity index (χ4v) is 5.16. The van der Waals surface area contributed by atoms with Crippen LogP contribution >= 0.6 is 0 Å². The summed E-state index contributed by atoms with van der Waals surface area (Å²) >= 11 is 0. The molecule has 0 aliphatic carbocycles. The Kier molecular flexibility index (Phi) is 8.68. The molecule has 1 N–H and O–H groups in total. The van der Waals surface area contributed by atoms with Gasteiger partial charge in [0.1, 0.15) is 5.75 Å². The quantitative estimate of drug-likeness (QED) is 0.618. The van der Waals surface area contributed by atoms with Gasteiger partial charge in [0.2, 0.25) is 15.9 Å². The number of rotatable bonds is 8. The molecule has 9 heteroatoms. The number of hydrogen-bond donors (Lipinski definition) is 1. The van der Waals surface area contributed by atoms with Crippen LogP contribution in [0, 0.1) is 0 Å². The van der Waals surface area contributed by atoms with Gasteiger partial charge in [-0.2, -0.15) is 0 Å². The highest BCUT2D eigenvalue weighted by atomic mass is 32.2. The minimum Gasteiger partial charge on any atom is -0.497 e. The van der Waals surface area contributed by atoms with Gasteiger partial charge in [0, 0.05) is 44.2 Å². The van der Waals surface area contributed by atoms with Gasteiger partial charge in [0.05, 0.1) is 12.0 Å². The molecule has 2 aromatic rings. The van der Waals surface area contributed by atoms with Crippen molar-refractivity contribution >= 4 is 21.8 Å². The van der Waals surface area contributed by atoms with Crippen molar-refractivity contribution in [3.05, 3.63) is 59.7 Å². The van der Waals surface area contributed by atoms with Crippen LogP contribution in [-0.4, -0.2) is 69.4 Å². The maximum atomic E-state index is 13.0. The zero-order chi connectivity index (χ0) is 24.7. The molecule has 0 bridgehead atoms. The van der Waals surface area contributed by atoms with E-state index in [1.54, 1.807) is 38.0 Å². The van der Waals surface area contributed by atoms with Crippen LogP contribution in [0.25, 0.3) is 0 Å². The van der Waals surface area contributed by atoms with E-state index < -0.39 is 10.0 Å². The molecular weight excluding hydrogens is 454 g/mol. The van der Waals surface area contributed by atoms with Crippen molar-refractivity contribution in [1.29, 1.82) is 0 Å². The summed E-state index contributed by atoms with van der Waals surface area (Å²) in [6.07, 6.45) is 1.77. The van der Waals surface area contributed by atoms with Crippen LogP contribution in [0.1, 0.15) is 42.6 Å². The molecule has 2 aromatic carbocycles. The van der Waals surface area contributed by atoms with Gasteiger partial charge in [0.25, 0.3) is 5.91 Å². The van der Waals surface area contributed by atoms with E-state index in [0.29, 0.717) is 51.0 Å². The summed E-state index contributed by atoms with van der Waals surface area (Å²) in [5.74, 6) is 0.710. The smallest absolute Gasteiger partial charge is 0.253 e. The summed E-state index contributed by atoms with van der Waals surface area (Å²) in [5.41, 5.74) is 1.51. The summed E-state index contributed by atoms with van der Waals surface area (Å²) < 4.78 is 32.3. The van der Waals surface area contributed by atoms with Crippen molar-refractivity contribution in [3.63, 3.8) is 0 Å². The first-order valence-electron chi connectivity index (χ1n) is 11.5. The van der Waals surface area contributed by atoms with E-state index in [9.17, 15) is 18.0 Å². The maximum Gasteiger partial charge on any atom is 0.253 e. The molecule has 2 amide bonds. The third-order valence-corrected chi connectivity index (χ3v) is 7.40. The predicted molar refractivity (Wildman–Crippen MR) is 130 cm³/mol. The molecular formula is C25H33N3O5S. The molecule has 3 rings (SSSR count). The number of carbonyl (C=O) groups is 2. The third kappa shape index (κ3) is 6.80. The van der Waals surface area contributed by atoms with Gasteiger partial charge in [0.15, 0.2) is 0 Å². The first-order chi connectivity index (χ1) is 16.2. The van der Waals surface area contributed by atoms with Gasteiger partial charge < -0.3 is 14.5 Å². The van der Waals surface area contributed by atoms with Crippen LogP contribution in [0.15, 0.2) is 53.4 Å². The highest BCUT2D eigenvalue weighted by molar-refractivity contribution is 7.89. The van der Waals surface area contributed by atoms with Gasteiger partial charge in [-0.15, -0.1) is 0 Å². The van der Waals surface area contributed by atoms with Crippen molar-refractivity contribution in [2.45, 2.75) is 44.0 Å². The van der Waals surface area contributed by atoms with Gasteiger partial charge in [-0.25, -0.2) is 13.1 Å². The average Bonchev–Trinajstić information content (AvgIpc) is 3.08. The number of ether oxygens (including phenoxy) is 1. The molecule has 1 aliphatic rings. The SMILES string of the molecule is COc1ccc(CCC(=O)N2CCCN(C(=O)c3ccc(S(=O)(=O)NC(C)C)cc3)CC2)cc1. The standard InChI is InChI=1S/C25H33N3O5S/c1-19(2)26-34(31,32)23-12-8-21(9-13-23)25(30)28-16-4-15-27(17-18-28)24(29)14-7-20-5-10-22(33-3)11-6-20/h5-6,8-13,19,26H,4,7,14-18H2,1-3H3. The lowest BCUT2D eigenvalue weighted by atomic mass is 10.1. The molecule has 184 valence electrons. The average molecular weight is 488 g/mol. The highest BCUT2D eigenvalue weighted by Crippen LogP contribution is 2.16. The minimum absolute atomic E-state index is 0.0809. The monoisotopic (exact) mass is 487 g/mol. The zero-order valence-corrected chi connectivity index (χ0v) is 20.8. The van der Waals surface area contributed by atoms with E-state index in [1.807, 2.05) is 29.2 Å². The lowest BCUT2D eigenvalue weighted by Gasteiger charge is -2.22. The number of carbonyl (C=O) groups excluding carboxylic acids is 2. The largest absolute Gasteiger partial charge is 0.497 e. The van der Waals surface area contributed by atoms with Crippen LogP contribution in [0.5, 0.6) is 5.75 Å². The van der Waals surface area contributed by atoms with Gasteiger partial charge >= 0.3 is 0 Å². The number of amides is 2. The molecule has 0 spiro atoms. The second-order valence-electron chi connectivity index (χ2n) is 8.67. The first-order valence-corrected chi connectivity index (χ1v) is 13.0. The number of methoxy groups -OCH3 is 1. The molecule has 1 heterocycles. The summed E-state index contributed by atoms with van der Waals surface area (Å²) in [6.45, 7) is 5.60. The van der Waals surface area contributed by atoms with E-state index in [2.05, 4.69) is 4.72 Å². The lowest BCUT2D eigenvalue weighted by Crippen LogP contribution is -2.37. The van der Waals surface area contributed by atoms with Gasteiger partial charge in [-0.1, -0.05) is 12.1 Å². The molecule has 0 atom stereocenters. The molecule has 0 saturated carbocycles. The number of aryl methyl sites for hydroxylation is 1. The second-order valence-corrected chi connectivity index (χ2v) is 10.4. The molecule has 1 fully saturated rings. The van der Waals surface area contributed by atoms with E-state index in [0.717, 1.165) is 11.3 Å². The third-order valence-electron chi connectivity index (χ3n) is 5.72. The Balaban J connectivity index is 1.54. The first kappa shape index (κ1) is 25.7. The van der Waals surface area contributed by atoms with Crippen molar-refractivity contribution in [2.24, 2.45) is 0 Å². The van der Waals surface area contributed by atoms with Crippen molar-refractivity contribution < 1.29 is 22.7 Å². The Hall–Kier alpha value is -2.91. The number of benzene rings is 2. The number of sulfonamides is 1. The molecule has 1 aliphatic heterocycles. The summed E-state index contributed by atoms with van der Waals surface area (Å²) in [5, 5.41) is 0. The van der Waals surface area contributed by atoms with Gasteiger partial charge in [-0.05, 0) is 68.7 Å². The molecule has 34 heavy (non-hydrogen) atoms. The van der Waals surface area contributed by atoms with Crippen LogP contribution in [0.4, 0.5) is 0 Å². The number of nitrogens with one attached hydrogen (secondary N) is 1. The lowest BCUT2D eigenvalue weighted by molar-refractivity contribution is -0.131. The fourth-order valence-electron chi connectivity index (χ4n) is 3.91. The number of nitrogens with zero attached hydrogens (tertiary/aromatic N) is 2. The molecule has 0 unspecified atom stereocenters. The molecule has 1 saturated heterocycles. The number of hydrogen-bond acceptors (Lipinski definition) is 5. The molecule has 0 aromatic heterocycles. The van der Waals surface area contributed by atoms with Crippen LogP contribution in [0.2, 0.25) is 0 Å². The highest BCUT2D eigenvalue weighted by Gasteiger charge is 2.23. The normalized spacial score (nSPS) is 14.7.